The summed E-state index contributed by atoms with van der Waals surface area (Å²) in [5.74, 6) is -1.93. The van der Waals surface area contributed by atoms with Gasteiger partial charge in [-0.05, 0) is 6.07 Å². The Labute approximate surface area is 152 Å². The van der Waals surface area contributed by atoms with Crippen LogP contribution in [0.25, 0.3) is 0 Å². The van der Waals surface area contributed by atoms with Crippen LogP contribution in [0, 0.1) is 11.6 Å². The number of nitrogens with zero attached hydrogens (tertiary/aromatic N) is 3. The SMILES string of the molecule is CN(C)C(=O)CN1CCN(Cc2cccc(F)c2F)[C@H]2CS(=O)(=O)C[C@H]21. The third-order valence-electron chi connectivity index (χ3n) is 5.15. The number of halogens is 2. The van der Waals surface area contributed by atoms with E-state index in [9.17, 15) is 22.0 Å². The fraction of sp³-hybridized carbons (Fsp3) is 0.588. The summed E-state index contributed by atoms with van der Waals surface area (Å²) in [5, 5.41) is 0. The molecule has 1 amide bonds. The molecule has 0 radical (unpaired) electrons. The summed E-state index contributed by atoms with van der Waals surface area (Å²) in [6.07, 6.45) is 0. The molecule has 2 saturated heterocycles. The predicted molar refractivity (Wildman–Crippen MR) is 93.3 cm³/mol. The molecule has 9 heteroatoms. The first-order valence-corrected chi connectivity index (χ1v) is 10.3. The molecule has 0 saturated carbocycles. The number of rotatable bonds is 4. The zero-order valence-electron chi connectivity index (χ0n) is 14.9. The number of fused-ring (bicyclic) bond motifs is 1. The van der Waals surface area contributed by atoms with Gasteiger partial charge in [-0.25, -0.2) is 17.2 Å². The van der Waals surface area contributed by atoms with E-state index in [1.54, 1.807) is 14.1 Å². The van der Waals surface area contributed by atoms with Gasteiger partial charge in [0.2, 0.25) is 5.91 Å². The Morgan fingerprint density at radius 1 is 1.15 bits per heavy atom. The Bertz CT molecular complexity index is 800. The number of benzene rings is 1. The van der Waals surface area contributed by atoms with Crippen LogP contribution in [-0.2, 0) is 21.2 Å². The Morgan fingerprint density at radius 2 is 1.77 bits per heavy atom. The average molecular weight is 387 g/mol. The topological polar surface area (TPSA) is 60.9 Å². The van der Waals surface area contributed by atoms with Crippen molar-refractivity contribution in [1.82, 2.24) is 14.7 Å². The Kier molecular flexibility index (Phi) is 5.32. The summed E-state index contributed by atoms with van der Waals surface area (Å²) in [7, 11) is 0.0844. The van der Waals surface area contributed by atoms with E-state index in [4.69, 9.17) is 0 Å². The third kappa shape index (κ3) is 3.89. The molecular weight excluding hydrogens is 364 g/mol. The van der Waals surface area contributed by atoms with Crippen LogP contribution in [0.3, 0.4) is 0 Å². The second-order valence-electron chi connectivity index (χ2n) is 7.15. The first-order chi connectivity index (χ1) is 12.2. The number of piperazine rings is 1. The lowest BCUT2D eigenvalue weighted by molar-refractivity contribution is -0.131. The molecule has 0 aromatic heterocycles. The number of sulfone groups is 1. The molecule has 2 heterocycles. The van der Waals surface area contributed by atoms with Crippen molar-refractivity contribution in [3.63, 3.8) is 0 Å². The van der Waals surface area contributed by atoms with Crippen LogP contribution < -0.4 is 0 Å². The van der Waals surface area contributed by atoms with Crippen molar-refractivity contribution < 1.29 is 22.0 Å². The number of likely N-dealkylation sites (N-methyl/N-ethyl adjacent to an activating group) is 1. The molecular formula is C17H23F2N3O3S. The number of amides is 1. The zero-order chi connectivity index (χ0) is 19.1. The highest BCUT2D eigenvalue weighted by atomic mass is 32.2. The van der Waals surface area contributed by atoms with Crippen molar-refractivity contribution in [1.29, 1.82) is 0 Å². The quantitative estimate of drug-likeness (QED) is 0.746. The minimum absolute atomic E-state index is 0.0134. The average Bonchev–Trinajstić information content (AvgIpc) is 2.89. The number of carbonyl (C=O) groups excluding carboxylic acids is 1. The molecule has 2 atom stereocenters. The molecule has 0 aliphatic carbocycles. The molecule has 2 fully saturated rings. The van der Waals surface area contributed by atoms with Gasteiger partial charge in [0.05, 0.1) is 18.1 Å². The maximum absolute atomic E-state index is 14.0. The molecule has 6 nitrogen and oxygen atoms in total. The lowest BCUT2D eigenvalue weighted by atomic mass is 10.0. The highest BCUT2D eigenvalue weighted by molar-refractivity contribution is 7.91. The number of carbonyl (C=O) groups is 1. The van der Waals surface area contributed by atoms with Crippen LogP contribution in [0.15, 0.2) is 18.2 Å². The van der Waals surface area contributed by atoms with Gasteiger partial charge in [0.25, 0.3) is 0 Å². The van der Waals surface area contributed by atoms with Crippen LogP contribution in [0.1, 0.15) is 5.56 Å². The highest BCUT2D eigenvalue weighted by Crippen LogP contribution is 2.28. The van der Waals surface area contributed by atoms with Crippen molar-refractivity contribution in [2.24, 2.45) is 0 Å². The summed E-state index contributed by atoms with van der Waals surface area (Å²) >= 11 is 0. The van der Waals surface area contributed by atoms with Gasteiger partial charge < -0.3 is 4.90 Å². The van der Waals surface area contributed by atoms with Crippen molar-refractivity contribution in [2.45, 2.75) is 18.6 Å². The molecule has 144 valence electrons. The van der Waals surface area contributed by atoms with E-state index in [1.807, 2.05) is 9.80 Å². The third-order valence-corrected chi connectivity index (χ3v) is 6.85. The first kappa shape index (κ1) is 19.2. The van der Waals surface area contributed by atoms with E-state index < -0.39 is 21.5 Å². The standard InChI is InChI=1S/C17H23F2N3O3S/c1-20(2)16(23)9-22-7-6-21(14-10-26(24,25)11-15(14)22)8-12-4-3-5-13(18)17(12)19/h3-5,14-15H,6-11H2,1-2H3/t14-,15+/m0/s1. The van der Waals surface area contributed by atoms with E-state index in [-0.39, 0.29) is 48.1 Å². The van der Waals surface area contributed by atoms with Gasteiger partial charge in [0, 0.05) is 51.4 Å². The molecule has 1 aromatic rings. The van der Waals surface area contributed by atoms with Crippen molar-refractivity contribution in [2.75, 3.05) is 45.2 Å². The van der Waals surface area contributed by atoms with Gasteiger partial charge in [-0.15, -0.1) is 0 Å². The van der Waals surface area contributed by atoms with Gasteiger partial charge in [0.1, 0.15) is 0 Å². The molecule has 0 N–H and O–H groups in total. The largest absolute Gasteiger partial charge is 0.348 e. The highest BCUT2D eigenvalue weighted by Gasteiger charge is 2.46. The fourth-order valence-corrected chi connectivity index (χ4v) is 5.74. The Balaban J connectivity index is 1.80. The van der Waals surface area contributed by atoms with E-state index >= 15 is 0 Å². The number of hydrogen-bond donors (Lipinski definition) is 0. The summed E-state index contributed by atoms with van der Waals surface area (Å²) in [4.78, 5) is 17.3. The van der Waals surface area contributed by atoms with Crippen molar-refractivity contribution in [3.8, 4) is 0 Å². The molecule has 3 rings (SSSR count). The first-order valence-electron chi connectivity index (χ1n) is 8.49. The zero-order valence-corrected chi connectivity index (χ0v) is 15.7. The minimum Gasteiger partial charge on any atom is -0.348 e. The minimum atomic E-state index is -3.24. The van der Waals surface area contributed by atoms with Crippen LogP contribution in [0.5, 0.6) is 0 Å². The maximum atomic E-state index is 14.0. The molecule has 0 bridgehead atoms. The molecule has 0 spiro atoms. The Hall–Kier alpha value is -1.58. The van der Waals surface area contributed by atoms with E-state index in [1.165, 1.54) is 17.0 Å². The monoisotopic (exact) mass is 387 g/mol. The lowest BCUT2D eigenvalue weighted by Crippen LogP contribution is -2.60. The maximum Gasteiger partial charge on any atom is 0.236 e. The normalized spacial score (nSPS) is 25.8. The van der Waals surface area contributed by atoms with E-state index in [0.29, 0.717) is 13.1 Å². The van der Waals surface area contributed by atoms with Crippen LogP contribution >= 0.6 is 0 Å². The molecule has 2 aliphatic rings. The van der Waals surface area contributed by atoms with Gasteiger partial charge in [0.15, 0.2) is 21.5 Å². The van der Waals surface area contributed by atoms with Gasteiger partial charge in [-0.1, -0.05) is 12.1 Å². The van der Waals surface area contributed by atoms with Crippen LogP contribution in [-0.4, -0.2) is 86.3 Å². The summed E-state index contributed by atoms with van der Waals surface area (Å²) in [6, 6.07) is 3.38. The molecule has 26 heavy (non-hydrogen) atoms. The second kappa shape index (κ2) is 7.21. The smallest absolute Gasteiger partial charge is 0.236 e. The number of hydrogen-bond acceptors (Lipinski definition) is 5. The van der Waals surface area contributed by atoms with Crippen molar-refractivity contribution in [3.05, 3.63) is 35.4 Å². The second-order valence-corrected chi connectivity index (χ2v) is 9.31. The molecule has 0 unspecified atom stereocenters. The molecule has 2 aliphatic heterocycles. The van der Waals surface area contributed by atoms with Gasteiger partial charge >= 0.3 is 0 Å². The summed E-state index contributed by atoms with van der Waals surface area (Å²) in [5.41, 5.74) is 0.214. The summed E-state index contributed by atoms with van der Waals surface area (Å²) in [6.45, 7) is 1.31. The van der Waals surface area contributed by atoms with Gasteiger partial charge in [-0.3, -0.25) is 14.6 Å². The lowest BCUT2D eigenvalue weighted by Gasteiger charge is -2.43. The van der Waals surface area contributed by atoms with Crippen LogP contribution in [0.4, 0.5) is 8.78 Å². The predicted octanol–water partition coefficient (Wildman–Crippen LogP) is 0.336. The van der Waals surface area contributed by atoms with Crippen molar-refractivity contribution >= 4 is 15.7 Å². The molecule has 1 aromatic carbocycles. The Morgan fingerprint density at radius 3 is 2.42 bits per heavy atom. The fourth-order valence-electron chi connectivity index (χ4n) is 3.69. The van der Waals surface area contributed by atoms with Crippen LogP contribution in [0.2, 0.25) is 0 Å². The van der Waals surface area contributed by atoms with E-state index in [2.05, 4.69) is 0 Å². The summed E-state index contributed by atoms with van der Waals surface area (Å²) < 4.78 is 51.9. The van der Waals surface area contributed by atoms with Gasteiger partial charge in [-0.2, -0.15) is 0 Å². The van der Waals surface area contributed by atoms with E-state index in [0.717, 1.165) is 6.07 Å².